The van der Waals surface area contributed by atoms with Crippen molar-refractivity contribution in [1.29, 1.82) is 5.41 Å². The summed E-state index contributed by atoms with van der Waals surface area (Å²) in [4.78, 5) is 0. The van der Waals surface area contributed by atoms with Gasteiger partial charge in [-0.1, -0.05) is 38.8 Å². The van der Waals surface area contributed by atoms with Crippen LogP contribution in [-0.4, -0.2) is 11.8 Å². The van der Waals surface area contributed by atoms with Gasteiger partial charge in [-0.15, -0.1) is 0 Å². The minimum absolute atomic E-state index is 0.0872. The lowest BCUT2D eigenvalue weighted by molar-refractivity contribution is 0.0462. The van der Waals surface area contributed by atoms with Gasteiger partial charge in [-0.2, -0.15) is 0 Å². The Kier molecular flexibility index (Phi) is 3.19. The molecule has 2 nitrogen and oxygen atoms in total. The largest absolute Gasteiger partial charge is 0.322 e. The smallest absolute Gasteiger partial charge is 0.0492 e. The average molecular weight is 234 g/mol. The molecule has 0 spiro atoms. The third-order valence-electron chi connectivity index (χ3n) is 5.51. The van der Waals surface area contributed by atoms with Crippen LogP contribution in [0, 0.1) is 28.6 Å². The van der Waals surface area contributed by atoms with E-state index < -0.39 is 0 Å². The Bertz CT molecular complexity index is 347. The third-order valence-corrected chi connectivity index (χ3v) is 5.51. The van der Waals surface area contributed by atoms with Crippen LogP contribution in [0.25, 0.3) is 0 Å². The molecule has 5 atom stereocenters. The molecule has 2 aliphatic rings. The van der Waals surface area contributed by atoms with Crippen molar-refractivity contribution in [3.63, 3.8) is 0 Å². The molecule has 2 fully saturated rings. The van der Waals surface area contributed by atoms with Gasteiger partial charge in [0.25, 0.3) is 0 Å². The first-order chi connectivity index (χ1) is 7.88. The van der Waals surface area contributed by atoms with E-state index in [0.29, 0.717) is 17.8 Å². The highest BCUT2D eigenvalue weighted by Gasteiger charge is 2.50. The second kappa shape index (κ2) is 4.24. The number of hydrogen-bond donors (Lipinski definition) is 2. The van der Waals surface area contributed by atoms with Crippen LogP contribution in [0.1, 0.15) is 46.5 Å². The SMILES string of the molecule is C=C(C)C1CC2(C)C(C)CCCC2C(=N)C1N. The van der Waals surface area contributed by atoms with Crippen molar-refractivity contribution in [1.82, 2.24) is 0 Å². The Balaban J connectivity index is 2.34. The molecule has 0 heterocycles. The van der Waals surface area contributed by atoms with E-state index in [1.165, 1.54) is 12.8 Å². The lowest BCUT2D eigenvalue weighted by Crippen LogP contribution is -2.56. The monoisotopic (exact) mass is 234 g/mol. The molecule has 96 valence electrons. The van der Waals surface area contributed by atoms with E-state index in [1.807, 2.05) is 0 Å². The van der Waals surface area contributed by atoms with Crippen molar-refractivity contribution in [3.05, 3.63) is 12.2 Å². The normalized spacial score (nSPS) is 46.5. The molecule has 2 saturated carbocycles. The van der Waals surface area contributed by atoms with Gasteiger partial charge >= 0.3 is 0 Å². The number of hydrogen-bond acceptors (Lipinski definition) is 2. The summed E-state index contributed by atoms with van der Waals surface area (Å²) in [6, 6.07) is -0.0872. The average Bonchev–Trinajstić information content (AvgIpc) is 2.26. The molecule has 2 heteroatoms. The number of nitrogens with one attached hydrogen (secondary N) is 1. The predicted molar refractivity (Wildman–Crippen MR) is 73.2 cm³/mol. The Labute approximate surface area is 105 Å². The molecule has 0 aromatic carbocycles. The molecule has 3 N–H and O–H groups in total. The molecule has 17 heavy (non-hydrogen) atoms. The van der Waals surface area contributed by atoms with E-state index in [9.17, 15) is 0 Å². The van der Waals surface area contributed by atoms with Crippen LogP contribution < -0.4 is 5.73 Å². The van der Waals surface area contributed by atoms with Crippen molar-refractivity contribution >= 4 is 5.71 Å². The molecule has 2 aliphatic carbocycles. The zero-order chi connectivity index (χ0) is 12.8. The van der Waals surface area contributed by atoms with Crippen molar-refractivity contribution in [2.24, 2.45) is 28.9 Å². The lowest BCUT2D eigenvalue weighted by atomic mass is 9.52. The van der Waals surface area contributed by atoms with Crippen molar-refractivity contribution in [3.8, 4) is 0 Å². The summed E-state index contributed by atoms with van der Waals surface area (Å²) in [7, 11) is 0. The van der Waals surface area contributed by atoms with Gasteiger partial charge in [0, 0.05) is 23.6 Å². The molecule has 0 aromatic heterocycles. The van der Waals surface area contributed by atoms with Crippen LogP contribution in [0.4, 0.5) is 0 Å². The molecule has 2 rings (SSSR count). The van der Waals surface area contributed by atoms with E-state index in [0.717, 1.165) is 24.1 Å². The number of fused-ring (bicyclic) bond motifs is 1. The summed E-state index contributed by atoms with van der Waals surface area (Å²) in [6.45, 7) is 10.9. The van der Waals surface area contributed by atoms with Gasteiger partial charge in [0.1, 0.15) is 0 Å². The van der Waals surface area contributed by atoms with E-state index in [2.05, 4.69) is 27.4 Å². The van der Waals surface area contributed by atoms with Gasteiger partial charge in [0.2, 0.25) is 0 Å². The maximum Gasteiger partial charge on any atom is 0.0492 e. The molecule has 0 saturated heterocycles. The third kappa shape index (κ3) is 1.87. The molecule has 0 radical (unpaired) electrons. The second-order valence-electron chi connectivity index (χ2n) is 6.53. The quantitative estimate of drug-likeness (QED) is 0.671. The van der Waals surface area contributed by atoms with Gasteiger partial charge in [0.05, 0.1) is 0 Å². The summed E-state index contributed by atoms with van der Waals surface area (Å²) in [5, 5.41) is 8.39. The summed E-state index contributed by atoms with van der Waals surface area (Å²) in [6.07, 6.45) is 4.85. The van der Waals surface area contributed by atoms with Gasteiger partial charge in [-0.05, 0) is 31.1 Å². The zero-order valence-electron chi connectivity index (χ0n) is 11.4. The van der Waals surface area contributed by atoms with E-state index in [4.69, 9.17) is 11.1 Å². The summed E-state index contributed by atoms with van der Waals surface area (Å²) in [5.74, 6) is 1.43. The van der Waals surface area contributed by atoms with Gasteiger partial charge < -0.3 is 11.1 Å². The van der Waals surface area contributed by atoms with E-state index >= 15 is 0 Å². The van der Waals surface area contributed by atoms with Crippen molar-refractivity contribution in [2.45, 2.75) is 52.5 Å². The lowest BCUT2D eigenvalue weighted by Gasteiger charge is -2.54. The molecule has 0 aromatic rings. The second-order valence-corrected chi connectivity index (χ2v) is 6.53. The van der Waals surface area contributed by atoms with Crippen LogP contribution >= 0.6 is 0 Å². The van der Waals surface area contributed by atoms with Crippen molar-refractivity contribution < 1.29 is 0 Å². The van der Waals surface area contributed by atoms with Crippen molar-refractivity contribution in [2.75, 3.05) is 0 Å². The van der Waals surface area contributed by atoms with Crippen LogP contribution in [0.15, 0.2) is 12.2 Å². The molecule has 0 amide bonds. The maximum atomic E-state index is 8.39. The molecule has 0 bridgehead atoms. The van der Waals surface area contributed by atoms with Crippen LogP contribution in [0.5, 0.6) is 0 Å². The van der Waals surface area contributed by atoms with Gasteiger partial charge in [-0.3, -0.25) is 0 Å². The Morgan fingerprint density at radius 1 is 1.47 bits per heavy atom. The van der Waals surface area contributed by atoms with Gasteiger partial charge in [-0.25, -0.2) is 0 Å². The van der Waals surface area contributed by atoms with Crippen LogP contribution in [0.2, 0.25) is 0 Å². The highest BCUT2D eigenvalue weighted by molar-refractivity contribution is 5.91. The summed E-state index contributed by atoms with van der Waals surface area (Å²) in [5.41, 5.74) is 8.46. The topological polar surface area (TPSA) is 49.9 Å². The fourth-order valence-corrected chi connectivity index (χ4v) is 4.02. The molecule has 0 aliphatic heterocycles. The number of nitrogens with two attached hydrogens (primary N) is 1. The fraction of sp³-hybridized carbons (Fsp3) is 0.800. The van der Waals surface area contributed by atoms with Gasteiger partial charge in [0.15, 0.2) is 0 Å². The van der Waals surface area contributed by atoms with Crippen LogP contribution in [-0.2, 0) is 0 Å². The minimum Gasteiger partial charge on any atom is -0.322 e. The summed E-state index contributed by atoms with van der Waals surface area (Å²) >= 11 is 0. The van der Waals surface area contributed by atoms with E-state index in [-0.39, 0.29) is 11.5 Å². The van der Waals surface area contributed by atoms with Crippen LogP contribution in [0.3, 0.4) is 0 Å². The first-order valence-corrected chi connectivity index (χ1v) is 6.87. The first-order valence-electron chi connectivity index (χ1n) is 6.87. The highest BCUT2D eigenvalue weighted by Crippen LogP contribution is 2.54. The maximum absolute atomic E-state index is 8.39. The first kappa shape index (κ1) is 12.8. The fourth-order valence-electron chi connectivity index (χ4n) is 4.02. The molecular formula is C15H26N2. The molecular weight excluding hydrogens is 208 g/mol. The Morgan fingerprint density at radius 3 is 2.71 bits per heavy atom. The standard InChI is InChI=1S/C15H26N2/c1-9(2)11-8-15(4)10(3)6-5-7-12(15)14(17)13(11)16/h10-13,17H,1,5-8,16H2,2-4H3. The molecule has 5 unspecified atom stereocenters. The highest BCUT2D eigenvalue weighted by atomic mass is 14.8. The Hall–Kier alpha value is -0.630. The number of rotatable bonds is 1. The Morgan fingerprint density at radius 2 is 2.12 bits per heavy atom. The van der Waals surface area contributed by atoms with E-state index in [1.54, 1.807) is 0 Å². The zero-order valence-corrected chi connectivity index (χ0v) is 11.4. The summed E-state index contributed by atoms with van der Waals surface area (Å²) < 4.78 is 0. The minimum atomic E-state index is -0.0872. The predicted octanol–water partition coefficient (Wildman–Crippen LogP) is 3.37.